The number of sulfonamides is 1. The maximum absolute atomic E-state index is 12.5. The fourth-order valence-corrected chi connectivity index (χ4v) is 3.73. The predicted molar refractivity (Wildman–Crippen MR) is 92.8 cm³/mol. The van der Waals surface area contributed by atoms with Gasteiger partial charge in [-0.15, -0.1) is 0 Å². The van der Waals surface area contributed by atoms with E-state index in [-0.39, 0.29) is 16.7 Å². The zero-order chi connectivity index (χ0) is 17.9. The lowest BCUT2D eigenvalue weighted by Crippen LogP contribution is -2.40. The predicted octanol–water partition coefficient (Wildman–Crippen LogP) is 2.53. The second-order valence-electron chi connectivity index (χ2n) is 5.37. The van der Waals surface area contributed by atoms with Crippen LogP contribution < -0.4 is 9.46 Å². The van der Waals surface area contributed by atoms with Crippen LogP contribution in [-0.2, 0) is 10.0 Å². The zero-order valence-electron chi connectivity index (χ0n) is 13.5. The number of nitrogens with zero attached hydrogens (tertiary/aromatic N) is 2. The van der Waals surface area contributed by atoms with Gasteiger partial charge in [0.2, 0.25) is 0 Å². The fraction of sp³-hybridized carbons (Fsp3) is 0.176. The molecule has 1 unspecified atom stereocenters. The van der Waals surface area contributed by atoms with Crippen LogP contribution in [0.5, 0.6) is 5.75 Å². The number of urea groups is 1. The number of rotatable bonds is 4. The first-order valence-corrected chi connectivity index (χ1v) is 9.07. The van der Waals surface area contributed by atoms with Gasteiger partial charge >= 0.3 is 6.03 Å². The number of para-hydroxylation sites is 1. The van der Waals surface area contributed by atoms with Gasteiger partial charge in [0.25, 0.3) is 10.0 Å². The Morgan fingerprint density at radius 1 is 1.16 bits per heavy atom. The molecule has 130 valence electrons. The van der Waals surface area contributed by atoms with E-state index in [1.54, 1.807) is 18.3 Å². The fourth-order valence-electron chi connectivity index (χ4n) is 2.62. The number of carbonyl (C=O) groups excluding carboxylic acids is 1. The van der Waals surface area contributed by atoms with Crippen LogP contribution >= 0.6 is 0 Å². The molecule has 1 N–H and O–H groups in total. The second-order valence-corrected chi connectivity index (χ2v) is 7.02. The maximum Gasteiger partial charge on any atom is 0.352 e. The van der Waals surface area contributed by atoms with Gasteiger partial charge in [0, 0.05) is 12.6 Å². The van der Waals surface area contributed by atoms with Gasteiger partial charge in [0.1, 0.15) is 10.6 Å². The lowest BCUT2D eigenvalue weighted by molar-refractivity contribution is 0.192. The highest BCUT2D eigenvalue weighted by atomic mass is 32.2. The summed E-state index contributed by atoms with van der Waals surface area (Å²) in [5.41, 5.74) is 0.879. The van der Waals surface area contributed by atoms with Crippen molar-refractivity contribution in [2.75, 3.05) is 7.11 Å². The molecule has 0 spiro atoms. The summed E-state index contributed by atoms with van der Waals surface area (Å²) in [6, 6.07) is 14.3. The van der Waals surface area contributed by atoms with Crippen molar-refractivity contribution in [3.05, 3.63) is 60.2 Å². The van der Waals surface area contributed by atoms with E-state index in [4.69, 9.17) is 4.74 Å². The molecule has 1 atom stereocenters. The molecule has 2 aromatic carbocycles. The van der Waals surface area contributed by atoms with Crippen LogP contribution in [0.15, 0.2) is 64.6 Å². The summed E-state index contributed by atoms with van der Waals surface area (Å²) < 4.78 is 32.2. The third-order valence-corrected chi connectivity index (χ3v) is 5.16. The summed E-state index contributed by atoms with van der Waals surface area (Å²) in [7, 11) is -2.72. The molecule has 8 heteroatoms. The summed E-state index contributed by atoms with van der Waals surface area (Å²) in [6.45, 7) is 0. The molecule has 2 amide bonds. The molecule has 0 saturated heterocycles. The molecule has 0 radical (unpaired) electrons. The molecule has 7 nitrogen and oxygen atoms in total. The molecule has 25 heavy (non-hydrogen) atoms. The van der Waals surface area contributed by atoms with Crippen LogP contribution in [0.2, 0.25) is 0 Å². The van der Waals surface area contributed by atoms with Gasteiger partial charge < -0.3 is 4.74 Å². The minimum atomic E-state index is -4.09. The number of amides is 2. The van der Waals surface area contributed by atoms with E-state index in [9.17, 15) is 13.2 Å². The first-order chi connectivity index (χ1) is 12.0. The Hall–Kier alpha value is -2.87. The summed E-state index contributed by atoms with van der Waals surface area (Å²) >= 11 is 0. The average Bonchev–Trinajstić information content (AvgIpc) is 3.12. The molecule has 3 rings (SSSR count). The summed E-state index contributed by atoms with van der Waals surface area (Å²) in [5, 5.41) is 5.16. The van der Waals surface area contributed by atoms with Gasteiger partial charge in [-0.2, -0.15) is 5.10 Å². The normalized spacial score (nSPS) is 16.7. The minimum absolute atomic E-state index is 0.106. The number of benzene rings is 2. The largest absolute Gasteiger partial charge is 0.495 e. The van der Waals surface area contributed by atoms with Crippen LogP contribution in [0.25, 0.3) is 0 Å². The number of methoxy groups -OCH3 is 1. The van der Waals surface area contributed by atoms with Gasteiger partial charge in [-0.25, -0.2) is 22.9 Å². The molecule has 0 bridgehead atoms. The van der Waals surface area contributed by atoms with Crippen molar-refractivity contribution >= 4 is 22.3 Å². The highest BCUT2D eigenvalue weighted by Crippen LogP contribution is 2.29. The first kappa shape index (κ1) is 17.0. The van der Waals surface area contributed by atoms with E-state index >= 15 is 0 Å². The second kappa shape index (κ2) is 6.94. The van der Waals surface area contributed by atoms with Crippen molar-refractivity contribution in [2.24, 2.45) is 5.10 Å². The Labute approximate surface area is 146 Å². The van der Waals surface area contributed by atoms with Gasteiger partial charge in [-0.05, 0) is 17.7 Å². The molecule has 2 aromatic rings. The monoisotopic (exact) mass is 359 g/mol. The molecular formula is C17H17N3O4S. The summed E-state index contributed by atoms with van der Waals surface area (Å²) in [5.74, 6) is 0.160. The summed E-state index contributed by atoms with van der Waals surface area (Å²) in [4.78, 5) is 12.4. The van der Waals surface area contributed by atoms with Gasteiger partial charge in [-0.3, -0.25) is 0 Å². The first-order valence-electron chi connectivity index (χ1n) is 7.59. The van der Waals surface area contributed by atoms with Crippen LogP contribution in [-0.4, -0.2) is 32.8 Å². The van der Waals surface area contributed by atoms with Crippen molar-refractivity contribution in [2.45, 2.75) is 17.4 Å². The molecule has 0 saturated carbocycles. The van der Waals surface area contributed by atoms with Crippen molar-refractivity contribution in [3.8, 4) is 5.75 Å². The third kappa shape index (κ3) is 3.48. The van der Waals surface area contributed by atoms with E-state index in [1.165, 1.54) is 19.2 Å². The average molecular weight is 359 g/mol. The molecule has 0 aliphatic carbocycles. The third-order valence-electron chi connectivity index (χ3n) is 3.80. The maximum atomic E-state index is 12.5. The van der Waals surface area contributed by atoms with E-state index in [2.05, 4.69) is 9.82 Å². The van der Waals surface area contributed by atoms with E-state index in [0.29, 0.717) is 6.42 Å². The smallest absolute Gasteiger partial charge is 0.352 e. The molecular weight excluding hydrogens is 342 g/mol. The van der Waals surface area contributed by atoms with Crippen molar-refractivity contribution < 1.29 is 17.9 Å². The van der Waals surface area contributed by atoms with E-state index in [0.717, 1.165) is 10.6 Å². The molecule has 1 aliphatic rings. The number of nitrogens with one attached hydrogen (secondary N) is 1. The van der Waals surface area contributed by atoms with Gasteiger partial charge in [-0.1, -0.05) is 42.5 Å². The molecule has 1 heterocycles. The van der Waals surface area contributed by atoms with Crippen molar-refractivity contribution in [1.29, 1.82) is 0 Å². The Bertz CT molecular complexity index is 897. The highest BCUT2D eigenvalue weighted by Gasteiger charge is 2.31. The van der Waals surface area contributed by atoms with Crippen molar-refractivity contribution in [1.82, 2.24) is 9.73 Å². The quantitative estimate of drug-likeness (QED) is 0.908. The van der Waals surface area contributed by atoms with Crippen LogP contribution in [0.1, 0.15) is 18.0 Å². The topological polar surface area (TPSA) is 88.1 Å². The number of carbonyl (C=O) groups is 1. The Balaban J connectivity index is 1.82. The zero-order valence-corrected chi connectivity index (χ0v) is 14.3. The van der Waals surface area contributed by atoms with Crippen LogP contribution in [0, 0.1) is 0 Å². The summed E-state index contributed by atoms with van der Waals surface area (Å²) in [6.07, 6.45) is 2.11. The number of hydrazone groups is 1. The number of ether oxygens (including phenoxy) is 1. The highest BCUT2D eigenvalue weighted by molar-refractivity contribution is 7.90. The molecule has 1 aliphatic heterocycles. The Morgan fingerprint density at radius 3 is 2.56 bits per heavy atom. The van der Waals surface area contributed by atoms with E-state index in [1.807, 2.05) is 30.3 Å². The minimum Gasteiger partial charge on any atom is -0.495 e. The lowest BCUT2D eigenvalue weighted by atomic mass is 10.1. The number of hydrogen-bond donors (Lipinski definition) is 1. The van der Waals surface area contributed by atoms with Crippen LogP contribution in [0.3, 0.4) is 0 Å². The molecule has 0 aromatic heterocycles. The van der Waals surface area contributed by atoms with Gasteiger partial charge in [0.15, 0.2) is 0 Å². The van der Waals surface area contributed by atoms with Crippen molar-refractivity contribution in [3.63, 3.8) is 0 Å². The van der Waals surface area contributed by atoms with E-state index < -0.39 is 16.1 Å². The van der Waals surface area contributed by atoms with Crippen LogP contribution in [0.4, 0.5) is 4.79 Å². The Morgan fingerprint density at radius 2 is 1.84 bits per heavy atom. The number of hydrogen-bond acceptors (Lipinski definition) is 5. The standard InChI is InChI=1S/C17H17N3O4S/c1-24-15-9-5-6-10-16(15)25(22,23)19-17(21)20-14(11-12-18-20)13-7-3-2-4-8-13/h2-10,12,14H,11H2,1H3,(H,19,21). The molecule has 0 fully saturated rings. The SMILES string of the molecule is COc1ccccc1S(=O)(=O)NC(=O)N1N=CCC1c1ccccc1. The van der Waals surface area contributed by atoms with Gasteiger partial charge in [0.05, 0.1) is 13.2 Å². The lowest BCUT2D eigenvalue weighted by Gasteiger charge is -2.22. The Kier molecular flexibility index (Phi) is 4.71.